The molecular formula is C16H19F3N2S. The van der Waals surface area contributed by atoms with Crippen LogP contribution in [0.4, 0.5) is 18.9 Å². The van der Waals surface area contributed by atoms with E-state index in [1.54, 1.807) is 11.4 Å². The molecule has 2 heterocycles. The van der Waals surface area contributed by atoms with Gasteiger partial charge in [0, 0.05) is 6.54 Å². The average molecular weight is 328 g/mol. The minimum absolute atomic E-state index is 0.373. The van der Waals surface area contributed by atoms with E-state index in [1.807, 2.05) is 12.1 Å². The number of hydrogen-bond acceptors (Lipinski definition) is 3. The molecule has 1 saturated heterocycles. The van der Waals surface area contributed by atoms with Crippen LogP contribution >= 0.6 is 11.3 Å². The highest BCUT2D eigenvalue weighted by atomic mass is 32.1. The number of hydrogen-bond donors (Lipinski definition) is 2. The van der Waals surface area contributed by atoms with E-state index in [2.05, 4.69) is 10.6 Å². The van der Waals surface area contributed by atoms with Gasteiger partial charge in [0.1, 0.15) is 0 Å². The number of alkyl halides is 3. The van der Waals surface area contributed by atoms with Gasteiger partial charge >= 0.3 is 6.18 Å². The number of nitrogens with one attached hydrogen (secondary N) is 2. The lowest BCUT2D eigenvalue weighted by molar-refractivity contribution is -0.126. The molecule has 0 aliphatic carbocycles. The summed E-state index contributed by atoms with van der Waals surface area (Å²) in [5.41, 5.74) is 1.33. The molecule has 2 N–H and O–H groups in total. The Morgan fingerprint density at radius 3 is 2.73 bits per heavy atom. The number of anilines is 1. The minimum Gasteiger partial charge on any atom is -0.384 e. The Morgan fingerprint density at radius 1 is 1.23 bits per heavy atom. The van der Waals surface area contributed by atoms with Gasteiger partial charge in [-0.1, -0.05) is 12.1 Å². The molecule has 2 nitrogen and oxygen atoms in total. The molecule has 1 fully saturated rings. The topological polar surface area (TPSA) is 24.1 Å². The second-order valence-corrected chi connectivity index (χ2v) is 6.69. The molecule has 0 saturated carbocycles. The first kappa shape index (κ1) is 15.6. The second-order valence-electron chi connectivity index (χ2n) is 5.81. The summed E-state index contributed by atoms with van der Waals surface area (Å²) in [6, 6.07) is 5.57. The van der Waals surface area contributed by atoms with E-state index in [-0.39, 0.29) is 0 Å². The summed E-state index contributed by atoms with van der Waals surface area (Å²) in [4.78, 5) is 0. The van der Waals surface area contributed by atoms with Crippen molar-refractivity contribution in [1.82, 2.24) is 5.32 Å². The molecule has 0 atom stereocenters. The molecule has 0 radical (unpaired) electrons. The molecule has 6 heteroatoms. The van der Waals surface area contributed by atoms with E-state index in [0.29, 0.717) is 11.5 Å². The summed E-state index contributed by atoms with van der Waals surface area (Å²) in [5, 5.41) is 9.12. The zero-order valence-electron chi connectivity index (χ0n) is 12.2. The maximum atomic E-state index is 12.6. The first-order valence-electron chi connectivity index (χ1n) is 7.53. The fraction of sp³-hybridized carbons (Fsp3) is 0.500. The van der Waals surface area contributed by atoms with Crippen LogP contribution in [0.15, 0.2) is 23.6 Å². The maximum absolute atomic E-state index is 12.6. The summed E-state index contributed by atoms with van der Waals surface area (Å²) in [7, 11) is 0. The number of benzene rings is 1. The summed E-state index contributed by atoms with van der Waals surface area (Å²) in [6.07, 6.45) is -2.73. The van der Waals surface area contributed by atoms with Crippen LogP contribution in [0.1, 0.15) is 18.4 Å². The molecule has 3 rings (SSSR count). The predicted octanol–water partition coefficient (Wildman–Crippen LogP) is 4.42. The van der Waals surface area contributed by atoms with Crippen LogP contribution in [0.25, 0.3) is 10.1 Å². The largest absolute Gasteiger partial charge is 0.393 e. The van der Waals surface area contributed by atoms with Gasteiger partial charge in [0.2, 0.25) is 0 Å². The molecule has 22 heavy (non-hydrogen) atoms. The molecular weight excluding hydrogens is 309 g/mol. The van der Waals surface area contributed by atoms with E-state index >= 15 is 0 Å². The Morgan fingerprint density at radius 2 is 2.00 bits per heavy atom. The van der Waals surface area contributed by atoms with Crippen LogP contribution in [0.5, 0.6) is 0 Å². The van der Waals surface area contributed by atoms with Crippen molar-refractivity contribution in [1.29, 1.82) is 0 Å². The summed E-state index contributed by atoms with van der Waals surface area (Å²) in [6.45, 7) is 2.98. The van der Waals surface area contributed by atoms with Crippen LogP contribution in [0, 0.1) is 5.92 Å². The van der Waals surface area contributed by atoms with Gasteiger partial charge in [0.15, 0.2) is 0 Å². The zero-order chi connectivity index (χ0) is 15.6. The third-order valence-electron chi connectivity index (χ3n) is 4.11. The molecule has 1 aliphatic rings. The second kappa shape index (κ2) is 6.46. The smallest absolute Gasteiger partial charge is 0.384 e. The molecule has 1 aromatic heterocycles. The van der Waals surface area contributed by atoms with Crippen molar-refractivity contribution in [3.8, 4) is 0 Å². The van der Waals surface area contributed by atoms with Gasteiger partial charge < -0.3 is 10.6 Å². The van der Waals surface area contributed by atoms with Gasteiger partial charge in [-0.25, -0.2) is 0 Å². The highest BCUT2D eigenvalue weighted by Crippen LogP contribution is 2.35. The quantitative estimate of drug-likeness (QED) is 0.868. The molecule has 0 amide bonds. The summed E-state index contributed by atoms with van der Waals surface area (Å²) < 4.78 is 38.8. The molecule has 0 bridgehead atoms. The maximum Gasteiger partial charge on any atom is 0.393 e. The van der Waals surface area contributed by atoms with Crippen molar-refractivity contribution in [2.75, 3.05) is 25.0 Å². The number of halogens is 3. The monoisotopic (exact) mass is 328 g/mol. The summed E-state index contributed by atoms with van der Waals surface area (Å²) in [5.74, 6) is 0.631. The van der Waals surface area contributed by atoms with Crippen molar-refractivity contribution >= 4 is 27.1 Å². The fourth-order valence-electron chi connectivity index (χ4n) is 2.94. The normalized spacial score (nSPS) is 17.0. The molecule has 120 valence electrons. The third-order valence-corrected chi connectivity index (χ3v) is 5.19. The van der Waals surface area contributed by atoms with E-state index in [1.165, 1.54) is 11.3 Å². The number of rotatable bonds is 4. The highest BCUT2D eigenvalue weighted by Gasteiger charge is 2.29. The van der Waals surface area contributed by atoms with Crippen molar-refractivity contribution in [3.05, 3.63) is 29.1 Å². The molecule has 0 unspecified atom stereocenters. The Labute approximate surface area is 131 Å². The van der Waals surface area contributed by atoms with Gasteiger partial charge in [-0.2, -0.15) is 13.2 Å². The van der Waals surface area contributed by atoms with Crippen molar-refractivity contribution in [2.45, 2.75) is 25.4 Å². The number of piperidine rings is 1. The van der Waals surface area contributed by atoms with E-state index in [4.69, 9.17) is 0 Å². The lowest BCUT2D eigenvalue weighted by Crippen LogP contribution is -2.31. The van der Waals surface area contributed by atoms with Crippen LogP contribution in [-0.2, 0) is 6.42 Å². The Balaban J connectivity index is 1.75. The Hall–Kier alpha value is -1.27. The molecule has 1 aromatic carbocycles. The zero-order valence-corrected chi connectivity index (χ0v) is 13.0. The van der Waals surface area contributed by atoms with Crippen LogP contribution < -0.4 is 10.6 Å². The van der Waals surface area contributed by atoms with Crippen LogP contribution in [0.3, 0.4) is 0 Å². The molecule has 0 spiro atoms. The molecule has 2 aromatic rings. The fourth-order valence-corrected chi connectivity index (χ4v) is 4.01. The van der Waals surface area contributed by atoms with E-state index in [9.17, 15) is 13.2 Å². The van der Waals surface area contributed by atoms with Gasteiger partial charge in [-0.3, -0.25) is 0 Å². The molecule has 1 aliphatic heterocycles. The first-order valence-corrected chi connectivity index (χ1v) is 8.41. The average Bonchev–Trinajstić information content (AvgIpc) is 2.88. The lowest BCUT2D eigenvalue weighted by atomic mass is 9.98. The van der Waals surface area contributed by atoms with E-state index in [0.717, 1.165) is 48.2 Å². The third kappa shape index (κ3) is 3.73. The van der Waals surface area contributed by atoms with E-state index < -0.39 is 12.6 Å². The van der Waals surface area contributed by atoms with Crippen LogP contribution in [-0.4, -0.2) is 25.8 Å². The standard InChI is InChI=1S/C16H19F3N2S/c17-16(18,19)8-12-10-22-15-13(12)2-1-3-14(15)21-9-11-4-6-20-7-5-11/h1-3,10-11,20-21H,4-9H2. The van der Waals surface area contributed by atoms with Gasteiger partial charge in [-0.15, -0.1) is 11.3 Å². The lowest BCUT2D eigenvalue weighted by Gasteiger charge is -2.23. The van der Waals surface area contributed by atoms with Crippen molar-refractivity contribution < 1.29 is 13.2 Å². The number of thiophene rings is 1. The van der Waals surface area contributed by atoms with Gasteiger partial charge in [0.25, 0.3) is 0 Å². The minimum atomic E-state index is -4.16. The Bertz CT molecular complexity index is 630. The van der Waals surface area contributed by atoms with Crippen molar-refractivity contribution in [2.24, 2.45) is 5.92 Å². The first-order chi connectivity index (χ1) is 10.5. The van der Waals surface area contributed by atoms with Crippen LogP contribution in [0.2, 0.25) is 0 Å². The van der Waals surface area contributed by atoms with Crippen molar-refractivity contribution in [3.63, 3.8) is 0 Å². The van der Waals surface area contributed by atoms with Gasteiger partial charge in [0.05, 0.1) is 16.8 Å². The SMILES string of the molecule is FC(F)(F)Cc1csc2c(NCC3CCNCC3)cccc12. The number of fused-ring (bicyclic) bond motifs is 1. The summed E-state index contributed by atoms with van der Waals surface area (Å²) >= 11 is 1.39. The predicted molar refractivity (Wildman–Crippen MR) is 85.7 cm³/mol. The highest BCUT2D eigenvalue weighted by molar-refractivity contribution is 7.18. The Kier molecular flexibility index (Phi) is 4.59. The van der Waals surface area contributed by atoms with Gasteiger partial charge in [-0.05, 0) is 54.2 Å².